The van der Waals surface area contributed by atoms with Gasteiger partial charge in [-0.15, -0.1) is 0 Å². The minimum Gasteiger partial charge on any atom is -0.314 e. The maximum absolute atomic E-state index is 4.56. The van der Waals surface area contributed by atoms with Crippen molar-refractivity contribution in [3.8, 4) is 0 Å². The molecule has 1 aromatic heterocycles. The molecule has 3 nitrogen and oxygen atoms in total. The molecule has 0 spiro atoms. The van der Waals surface area contributed by atoms with E-state index in [0.29, 0.717) is 6.04 Å². The summed E-state index contributed by atoms with van der Waals surface area (Å²) in [6.07, 6.45) is 5.64. The molecule has 0 radical (unpaired) electrons. The third-order valence-corrected chi connectivity index (χ3v) is 4.38. The van der Waals surface area contributed by atoms with Crippen LogP contribution in [0.5, 0.6) is 0 Å². The van der Waals surface area contributed by atoms with Crippen LogP contribution in [0.3, 0.4) is 0 Å². The number of benzene rings is 1. The van der Waals surface area contributed by atoms with Crippen LogP contribution in [0, 0.1) is 0 Å². The Kier molecular flexibility index (Phi) is 4.84. The third-order valence-electron chi connectivity index (χ3n) is 4.38. The lowest BCUT2D eigenvalue weighted by molar-refractivity contribution is 0.191. The Bertz CT molecular complexity index is 568. The normalized spacial score (nSPS) is 17.4. The van der Waals surface area contributed by atoms with Gasteiger partial charge in [-0.25, -0.2) is 0 Å². The molecule has 0 amide bonds. The first-order valence-corrected chi connectivity index (χ1v) is 8.15. The molecule has 21 heavy (non-hydrogen) atoms. The van der Waals surface area contributed by atoms with Gasteiger partial charge in [-0.2, -0.15) is 0 Å². The van der Waals surface area contributed by atoms with Gasteiger partial charge >= 0.3 is 0 Å². The molecule has 0 aliphatic carbocycles. The van der Waals surface area contributed by atoms with Crippen molar-refractivity contribution in [1.29, 1.82) is 0 Å². The Hall–Kier alpha value is -1.45. The van der Waals surface area contributed by atoms with Crippen molar-refractivity contribution in [2.24, 2.45) is 0 Å². The second-order valence-electron chi connectivity index (χ2n) is 6.00. The van der Waals surface area contributed by atoms with Crippen LogP contribution in [0.2, 0.25) is 0 Å². The molecule has 3 rings (SSSR count). The Labute approximate surface area is 127 Å². The Morgan fingerprint density at radius 2 is 2.00 bits per heavy atom. The Balaban J connectivity index is 1.62. The summed E-state index contributed by atoms with van der Waals surface area (Å²) in [6.45, 7) is 6.78. The highest BCUT2D eigenvalue weighted by molar-refractivity contribution is 5.81. The number of rotatable bonds is 5. The summed E-state index contributed by atoms with van der Waals surface area (Å²) in [5, 5.41) is 4.89. The number of aromatic nitrogens is 1. The fourth-order valence-electron chi connectivity index (χ4n) is 3.18. The zero-order valence-corrected chi connectivity index (χ0v) is 12.9. The number of likely N-dealkylation sites (tertiary alicyclic amines) is 1. The number of hydrogen-bond donors (Lipinski definition) is 1. The summed E-state index contributed by atoms with van der Waals surface area (Å²) in [7, 11) is 0. The summed E-state index contributed by atoms with van der Waals surface area (Å²) >= 11 is 0. The van der Waals surface area contributed by atoms with Crippen molar-refractivity contribution in [3.63, 3.8) is 0 Å². The van der Waals surface area contributed by atoms with Gasteiger partial charge in [0.15, 0.2) is 0 Å². The zero-order valence-electron chi connectivity index (χ0n) is 12.9. The number of nitrogens with zero attached hydrogens (tertiary/aromatic N) is 2. The molecule has 0 bridgehead atoms. The monoisotopic (exact) mass is 283 g/mol. The molecular formula is C18H25N3. The van der Waals surface area contributed by atoms with Crippen molar-refractivity contribution < 1.29 is 0 Å². The molecule has 2 aromatic rings. The van der Waals surface area contributed by atoms with E-state index in [9.17, 15) is 0 Å². The number of nitrogens with one attached hydrogen (secondary N) is 1. The van der Waals surface area contributed by atoms with Crippen LogP contribution in [0.1, 0.15) is 31.7 Å². The molecule has 1 fully saturated rings. The average molecular weight is 283 g/mol. The molecule has 2 heterocycles. The molecule has 0 atom stereocenters. The highest BCUT2D eigenvalue weighted by atomic mass is 15.1. The molecular weight excluding hydrogens is 258 g/mol. The molecule has 1 saturated heterocycles. The molecule has 0 unspecified atom stereocenters. The minimum absolute atomic E-state index is 0.715. The smallest absolute Gasteiger partial charge is 0.0746 e. The highest BCUT2D eigenvalue weighted by Crippen LogP contribution is 2.20. The number of pyridine rings is 1. The van der Waals surface area contributed by atoms with Crippen molar-refractivity contribution in [3.05, 3.63) is 42.1 Å². The van der Waals surface area contributed by atoms with Crippen LogP contribution in [0.25, 0.3) is 10.9 Å². The topological polar surface area (TPSA) is 28.2 Å². The van der Waals surface area contributed by atoms with Gasteiger partial charge in [-0.1, -0.05) is 31.2 Å². The second kappa shape index (κ2) is 7.01. The lowest BCUT2D eigenvalue weighted by Gasteiger charge is -2.32. The predicted molar refractivity (Wildman–Crippen MR) is 88.3 cm³/mol. The van der Waals surface area contributed by atoms with E-state index in [1.807, 2.05) is 12.3 Å². The predicted octanol–water partition coefficient (Wildman–Crippen LogP) is 3.20. The minimum atomic E-state index is 0.715. The standard InChI is InChI=1S/C18H25N3/c1-2-10-19-17-8-12-21(13-9-17)14-16-6-3-5-15-7-4-11-20-18(15)16/h3-7,11,17,19H,2,8-10,12-14H2,1H3. The SMILES string of the molecule is CCCNC1CCN(Cc2cccc3cccnc23)CC1. The highest BCUT2D eigenvalue weighted by Gasteiger charge is 2.19. The van der Waals surface area contributed by atoms with E-state index < -0.39 is 0 Å². The van der Waals surface area contributed by atoms with Gasteiger partial charge in [0, 0.05) is 24.2 Å². The van der Waals surface area contributed by atoms with Crippen LogP contribution in [0.15, 0.2) is 36.5 Å². The Morgan fingerprint density at radius 3 is 2.81 bits per heavy atom. The summed E-state index contributed by atoms with van der Waals surface area (Å²) < 4.78 is 0. The summed E-state index contributed by atoms with van der Waals surface area (Å²) in [5.41, 5.74) is 2.51. The first-order chi connectivity index (χ1) is 10.4. The fourth-order valence-corrected chi connectivity index (χ4v) is 3.18. The second-order valence-corrected chi connectivity index (χ2v) is 6.00. The van der Waals surface area contributed by atoms with E-state index in [-0.39, 0.29) is 0 Å². The van der Waals surface area contributed by atoms with E-state index in [4.69, 9.17) is 0 Å². The Morgan fingerprint density at radius 1 is 1.19 bits per heavy atom. The molecule has 112 valence electrons. The molecule has 1 N–H and O–H groups in total. The van der Waals surface area contributed by atoms with Crippen molar-refractivity contribution >= 4 is 10.9 Å². The van der Waals surface area contributed by atoms with Crippen LogP contribution in [-0.2, 0) is 6.54 Å². The maximum Gasteiger partial charge on any atom is 0.0746 e. The van der Waals surface area contributed by atoms with Gasteiger partial charge in [0.1, 0.15) is 0 Å². The lowest BCUT2D eigenvalue weighted by Crippen LogP contribution is -2.42. The van der Waals surface area contributed by atoms with Gasteiger partial charge in [0.05, 0.1) is 5.52 Å². The van der Waals surface area contributed by atoms with E-state index in [2.05, 4.69) is 46.4 Å². The number of piperidine rings is 1. The van der Waals surface area contributed by atoms with Gasteiger partial charge in [0.2, 0.25) is 0 Å². The first kappa shape index (κ1) is 14.5. The maximum atomic E-state index is 4.56. The number of hydrogen-bond acceptors (Lipinski definition) is 3. The molecule has 1 aromatic carbocycles. The van der Waals surface area contributed by atoms with E-state index in [1.54, 1.807) is 0 Å². The van der Waals surface area contributed by atoms with Crippen LogP contribution in [0.4, 0.5) is 0 Å². The van der Waals surface area contributed by atoms with Crippen molar-refractivity contribution in [2.45, 2.75) is 38.8 Å². The van der Waals surface area contributed by atoms with Crippen LogP contribution < -0.4 is 5.32 Å². The first-order valence-electron chi connectivity index (χ1n) is 8.15. The van der Waals surface area contributed by atoms with E-state index in [0.717, 1.165) is 18.6 Å². The summed E-state index contributed by atoms with van der Waals surface area (Å²) in [5.74, 6) is 0. The van der Waals surface area contributed by atoms with Gasteiger partial charge in [-0.05, 0) is 50.5 Å². The van der Waals surface area contributed by atoms with Crippen molar-refractivity contribution in [1.82, 2.24) is 15.2 Å². The van der Waals surface area contributed by atoms with Gasteiger partial charge < -0.3 is 5.32 Å². The molecule has 1 aliphatic heterocycles. The quantitative estimate of drug-likeness (QED) is 0.913. The molecule has 3 heteroatoms. The number of para-hydroxylation sites is 1. The number of fused-ring (bicyclic) bond motifs is 1. The van der Waals surface area contributed by atoms with E-state index >= 15 is 0 Å². The zero-order chi connectivity index (χ0) is 14.5. The van der Waals surface area contributed by atoms with Gasteiger partial charge in [0.25, 0.3) is 0 Å². The van der Waals surface area contributed by atoms with E-state index in [1.165, 1.54) is 43.3 Å². The summed E-state index contributed by atoms with van der Waals surface area (Å²) in [6, 6.07) is 11.4. The third kappa shape index (κ3) is 3.60. The molecule has 0 saturated carbocycles. The lowest BCUT2D eigenvalue weighted by atomic mass is 10.0. The van der Waals surface area contributed by atoms with Crippen LogP contribution in [-0.4, -0.2) is 35.6 Å². The fraction of sp³-hybridized carbons (Fsp3) is 0.500. The average Bonchev–Trinajstić information content (AvgIpc) is 2.55. The summed E-state index contributed by atoms with van der Waals surface area (Å²) in [4.78, 5) is 7.13. The largest absolute Gasteiger partial charge is 0.314 e. The van der Waals surface area contributed by atoms with Crippen LogP contribution >= 0.6 is 0 Å². The van der Waals surface area contributed by atoms with Gasteiger partial charge in [-0.3, -0.25) is 9.88 Å². The van der Waals surface area contributed by atoms with Crippen molar-refractivity contribution in [2.75, 3.05) is 19.6 Å². The molecule has 1 aliphatic rings.